The molecule has 2 amide bonds. The van der Waals surface area contributed by atoms with Crippen LogP contribution in [0.15, 0.2) is 71.6 Å². The van der Waals surface area contributed by atoms with E-state index in [1.165, 1.54) is 30.1 Å². The number of carbonyl (C=O) groups is 2. The van der Waals surface area contributed by atoms with Crippen LogP contribution in [0.1, 0.15) is 44.6 Å². The van der Waals surface area contributed by atoms with E-state index in [1.807, 2.05) is 31.2 Å². The molecule has 38 heavy (non-hydrogen) atoms. The maximum absolute atomic E-state index is 13.6. The molecule has 0 bridgehead atoms. The van der Waals surface area contributed by atoms with Gasteiger partial charge in [-0.1, -0.05) is 62.2 Å². The van der Waals surface area contributed by atoms with Crippen molar-refractivity contribution in [2.75, 3.05) is 13.6 Å². The van der Waals surface area contributed by atoms with Crippen molar-refractivity contribution in [3.05, 3.63) is 78.1 Å². The van der Waals surface area contributed by atoms with Crippen molar-refractivity contribution < 1.29 is 22.4 Å². The summed E-state index contributed by atoms with van der Waals surface area (Å²) in [6.07, 6.45) is 4.27. The highest BCUT2D eigenvalue weighted by Gasteiger charge is 2.33. The SMILES string of the molecule is CC[C@@H](C(=O)NC1CCCC1)N(Cc1ccc(F)cc1)C(=O)CN(C)S(=O)(=O)c1ccc2ccccc2c1. The number of nitrogens with zero attached hydrogens (tertiary/aromatic N) is 2. The summed E-state index contributed by atoms with van der Waals surface area (Å²) < 4.78 is 41.3. The van der Waals surface area contributed by atoms with Crippen LogP contribution in [-0.4, -0.2) is 55.1 Å². The monoisotopic (exact) mass is 539 g/mol. The minimum atomic E-state index is -3.97. The number of fused-ring (bicyclic) bond motifs is 1. The number of amides is 2. The van der Waals surface area contributed by atoms with E-state index in [9.17, 15) is 22.4 Å². The lowest BCUT2D eigenvalue weighted by Gasteiger charge is -2.32. The molecule has 0 unspecified atom stereocenters. The second-order valence-electron chi connectivity index (χ2n) is 9.83. The number of carbonyl (C=O) groups excluding carboxylic acids is 2. The van der Waals surface area contributed by atoms with Gasteiger partial charge in [-0.05, 0) is 59.9 Å². The zero-order chi connectivity index (χ0) is 27.3. The van der Waals surface area contributed by atoms with Crippen LogP contribution in [-0.2, 0) is 26.2 Å². The quantitative estimate of drug-likeness (QED) is 0.412. The number of benzene rings is 3. The first-order valence-electron chi connectivity index (χ1n) is 13.0. The highest BCUT2D eigenvalue weighted by molar-refractivity contribution is 7.89. The molecule has 9 heteroatoms. The lowest BCUT2D eigenvalue weighted by Crippen LogP contribution is -2.53. The average Bonchev–Trinajstić information content (AvgIpc) is 3.42. The van der Waals surface area contributed by atoms with Crippen LogP contribution < -0.4 is 5.32 Å². The summed E-state index contributed by atoms with van der Waals surface area (Å²) in [7, 11) is -2.61. The molecule has 1 atom stereocenters. The third-order valence-electron chi connectivity index (χ3n) is 7.14. The minimum Gasteiger partial charge on any atom is -0.352 e. The van der Waals surface area contributed by atoms with Gasteiger partial charge in [0.25, 0.3) is 0 Å². The van der Waals surface area contributed by atoms with Gasteiger partial charge in [0.05, 0.1) is 11.4 Å². The van der Waals surface area contributed by atoms with Gasteiger partial charge in [-0.2, -0.15) is 4.31 Å². The molecule has 3 aromatic rings. The predicted octanol–water partition coefficient (Wildman–Crippen LogP) is 4.47. The van der Waals surface area contributed by atoms with Gasteiger partial charge in [-0.15, -0.1) is 0 Å². The molecule has 0 aliphatic heterocycles. The van der Waals surface area contributed by atoms with Crippen molar-refractivity contribution in [3.63, 3.8) is 0 Å². The Bertz CT molecular complexity index is 1390. The van der Waals surface area contributed by atoms with Crippen molar-refractivity contribution in [1.82, 2.24) is 14.5 Å². The number of hydrogen-bond donors (Lipinski definition) is 1. The van der Waals surface area contributed by atoms with Crippen LogP contribution in [0, 0.1) is 5.82 Å². The van der Waals surface area contributed by atoms with Crippen LogP contribution in [0.2, 0.25) is 0 Å². The molecular weight excluding hydrogens is 505 g/mol. The topological polar surface area (TPSA) is 86.8 Å². The van der Waals surface area contributed by atoms with Gasteiger partial charge in [0.15, 0.2) is 0 Å². The van der Waals surface area contributed by atoms with Crippen molar-refractivity contribution in [3.8, 4) is 0 Å². The maximum Gasteiger partial charge on any atom is 0.243 e. The van der Waals surface area contributed by atoms with Crippen LogP contribution in [0.5, 0.6) is 0 Å². The summed E-state index contributed by atoms with van der Waals surface area (Å²) in [5, 5.41) is 4.75. The molecule has 1 aliphatic rings. The molecule has 0 radical (unpaired) electrons. The fourth-order valence-corrected chi connectivity index (χ4v) is 6.10. The third-order valence-corrected chi connectivity index (χ3v) is 8.94. The molecule has 202 valence electrons. The largest absolute Gasteiger partial charge is 0.352 e. The van der Waals surface area contributed by atoms with Crippen LogP contribution in [0.3, 0.4) is 0 Å². The van der Waals surface area contributed by atoms with Crippen molar-refractivity contribution in [2.45, 2.75) is 62.6 Å². The van der Waals surface area contributed by atoms with Crippen LogP contribution in [0.25, 0.3) is 10.8 Å². The maximum atomic E-state index is 13.6. The molecule has 3 aromatic carbocycles. The molecule has 0 aromatic heterocycles. The molecule has 4 rings (SSSR count). The highest BCUT2D eigenvalue weighted by Crippen LogP contribution is 2.23. The average molecular weight is 540 g/mol. The highest BCUT2D eigenvalue weighted by atomic mass is 32.2. The summed E-state index contributed by atoms with van der Waals surface area (Å²) in [4.78, 5) is 28.4. The smallest absolute Gasteiger partial charge is 0.243 e. The molecule has 7 nitrogen and oxygen atoms in total. The Balaban J connectivity index is 1.57. The normalized spacial score (nSPS) is 15.1. The van der Waals surface area contributed by atoms with Crippen molar-refractivity contribution >= 4 is 32.6 Å². The van der Waals surface area contributed by atoms with Crippen LogP contribution >= 0.6 is 0 Å². The summed E-state index contributed by atoms with van der Waals surface area (Å²) in [6, 6.07) is 17.3. The van der Waals surface area contributed by atoms with E-state index >= 15 is 0 Å². The van der Waals surface area contributed by atoms with Gasteiger partial charge in [0.1, 0.15) is 11.9 Å². The summed E-state index contributed by atoms with van der Waals surface area (Å²) >= 11 is 0. The summed E-state index contributed by atoms with van der Waals surface area (Å²) in [5.74, 6) is -1.16. The fraction of sp³-hybridized carbons (Fsp3) is 0.379. The van der Waals surface area contributed by atoms with Gasteiger partial charge in [0.2, 0.25) is 21.8 Å². The molecule has 0 heterocycles. The summed E-state index contributed by atoms with van der Waals surface area (Å²) in [6.45, 7) is 1.43. The number of hydrogen-bond acceptors (Lipinski definition) is 4. The van der Waals surface area contributed by atoms with Gasteiger partial charge >= 0.3 is 0 Å². The second-order valence-corrected chi connectivity index (χ2v) is 11.9. The zero-order valence-electron chi connectivity index (χ0n) is 21.8. The summed E-state index contributed by atoms with van der Waals surface area (Å²) in [5.41, 5.74) is 0.645. The second kappa shape index (κ2) is 12.0. The van der Waals surface area contributed by atoms with E-state index in [2.05, 4.69) is 5.32 Å². The number of halogens is 1. The van der Waals surface area contributed by atoms with Gasteiger partial charge in [0, 0.05) is 19.6 Å². The predicted molar refractivity (Wildman–Crippen MR) is 145 cm³/mol. The molecule has 0 spiro atoms. The standard InChI is InChI=1S/C29H34FN3O4S/c1-3-27(29(35)31-25-10-6-7-11-25)33(19-21-12-15-24(30)16-13-21)28(34)20-32(2)38(36,37)26-17-14-22-8-4-5-9-23(22)18-26/h4-5,8-9,12-18,25,27H,3,6-7,10-11,19-20H2,1-2H3,(H,31,35)/t27-/m0/s1. The van der Waals surface area contributed by atoms with E-state index in [0.717, 1.165) is 40.8 Å². The Morgan fingerprint density at radius 1 is 1.00 bits per heavy atom. The Hall–Kier alpha value is -3.30. The first kappa shape index (κ1) is 27.7. The third kappa shape index (κ3) is 6.39. The molecule has 1 N–H and O–H groups in total. The van der Waals surface area contributed by atoms with Gasteiger partial charge < -0.3 is 10.2 Å². The van der Waals surface area contributed by atoms with Gasteiger partial charge in [-0.25, -0.2) is 12.8 Å². The molecular formula is C29H34FN3O4S. The first-order valence-corrected chi connectivity index (χ1v) is 14.4. The van der Waals surface area contributed by atoms with Crippen LogP contribution in [0.4, 0.5) is 4.39 Å². The van der Waals surface area contributed by atoms with E-state index in [1.54, 1.807) is 24.3 Å². The Morgan fingerprint density at radius 3 is 2.32 bits per heavy atom. The van der Waals surface area contributed by atoms with Gasteiger partial charge in [-0.3, -0.25) is 9.59 Å². The van der Waals surface area contributed by atoms with E-state index in [0.29, 0.717) is 12.0 Å². The number of rotatable bonds is 10. The van der Waals surface area contributed by atoms with Crippen molar-refractivity contribution in [2.24, 2.45) is 0 Å². The first-order chi connectivity index (χ1) is 18.2. The minimum absolute atomic E-state index is 0.0551. The Morgan fingerprint density at radius 2 is 1.66 bits per heavy atom. The van der Waals surface area contributed by atoms with Crippen molar-refractivity contribution in [1.29, 1.82) is 0 Å². The molecule has 1 fully saturated rings. The van der Waals surface area contributed by atoms with E-state index in [4.69, 9.17) is 0 Å². The number of nitrogens with one attached hydrogen (secondary N) is 1. The van der Waals surface area contributed by atoms with E-state index in [-0.39, 0.29) is 23.4 Å². The van der Waals surface area contributed by atoms with E-state index < -0.39 is 34.3 Å². The molecule has 1 aliphatic carbocycles. The Kier molecular flexibility index (Phi) is 8.79. The lowest BCUT2D eigenvalue weighted by atomic mass is 10.1. The number of sulfonamides is 1. The lowest BCUT2D eigenvalue weighted by molar-refractivity contribution is -0.141. The molecule has 0 saturated heterocycles. The Labute approximate surface area is 223 Å². The fourth-order valence-electron chi connectivity index (χ4n) is 4.95. The number of likely N-dealkylation sites (N-methyl/N-ethyl adjacent to an activating group) is 1. The molecule has 1 saturated carbocycles. The zero-order valence-corrected chi connectivity index (χ0v) is 22.6.